The van der Waals surface area contributed by atoms with Crippen molar-refractivity contribution in [2.45, 2.75) is 38.5 Å². The normalized spacial score (nSPS) is 29.3. The second kappa shape index (κ2) is 3.97. The molecule has 0 aromatic rings. The minimum atomic E-state index is 0.231. The SMILES string of the molecule is OCC1(C2CCCC2)CCOCC1. The van der Waals surface area contributed by atoms with Gasteiger partial charge in [-0.1, -0.05) is 12.8 Å². The van der Waals surface area contributed by atoms with Gasteiger partial charge in [-0.15, -0.1) is 0 Å². The van der Waals surface area contributed by atoms with Crippen molar-refractivity contribution >= 4 is 0 Å². The first-order valence-electron chi connectivity index (χ1n) is 5.56. The van der Waals surface area contributed by atoms with E-state index in [2.05, 4.69) is 0 Å². The first kappa shape index (κ1) is 9.47. The van der Waals surface area contributed by atoms with Gasteiger partial charge in [-0.25, -0.2) is 0 Å². The standard InChI is InChI=1S/C11H20O2/c12-9-11(5-7-13-8-6-11)10-3-1-2-4-10/h10,12H,1-9H2. The predicted molar refractivity (Wildman–Crippen MR) is 51.5 cm³/mol. The van der Waals surface area contributed by atoms with Gasteiger partial charge in [-0.2, -0.15) is 0 Å². The number of rotatable bonds is 2. The fourth-order valence-corrected chi connectivity index (χ4v) is 3.01. The van der Waals surface area contributed by atoms with Crippen LogP contribution in [0.1, 0.15) is 38.5 Å². The molecular formula is C11H20O2. The zero-order valence-electron chi connectivity index (χ0n) is 8.30. The van der Waals surface area contributed by atoms with Crippen molar-refractivity contribution < 1.29 is 9.84 Å². The molecule has 1 N–H and O–H groups in total. The second-order valence-corrected chi connectivity index (χ2v) is 4.61. The van der Waals surface area contributed by atoms with Gasteiger partial charge in [0.2, 0.25) is 0 Å². The van der Waals surface area contributed by atoms with E-state index in [0.29, 0.717) is 6.61 Å². The molecule has 2 heteroatoms. The highest BCUT2D eigenvalue weighted by Gasteiger charge is 2.40. The van der Waals surface area contributed by atoms with Crippen LogP contribution in [-0.2, 0) is 4.74 Å². The summed E-state index contributed by atoms with van der Waals surface area (Å²) in [5.41, 5.74) is 0.231. The zero-order chi connectivity index (χ0) is 9.15. The summed E-state index contributed by atoms with van der Waals surface area (Å²) in [6.07, 6.45) is 7.56. The Morgan fingerprint density at radius 2 is 1.77 bits per heavy atom. The smallest absolute Gasteiger partial charge is 0.0491 e. The topological polar surface area (TPSA) is 29.5 Å². The van der Waals surface area contributed by atoms with Crippen molar-refractivity contribution in [2.24, 2.45) is 11.3 Å². The Balaban J connectivity index is 2.03. The maximum Gasteiger partial charge on any atom is 0.0491 e. The molecule has 2 nitrogen and oxygen atoms in total. The van der Waals surface area contributed by atoms with Gasteiger partial charge < -0.3 is 9.84 Å². The second-order valence-electron chi connectivity index (χ2n) is 4.61. The van der Waals surface area contributed by atoms with Crippen LogP contribution in [0, 0.1) is 11.3 Å². The van der Waals surface area contributed by atoms with Gasteiger partial charge in [-0.05, 0) is 31.6 Å². The molecule has 0 aromatic carbocycles. The quantitative estimate of drug-likeness (QED) is 0.711. The highest BCUT2D eigenvalue weighted by Crippen LogP contribution is 2.45. The van der Waals surface area contributed by atoms with Gasteiger partial charge >= 0.3 is 0 Å². The molecular weight excluding hydrogens is 164 g/mol. The molecule has 2 fully saturated rings. The van der Waals surface area contributed by atoms with Crippen LogP contribution in [-0.4, -0.2) is 24.9 Å². The van der Waals surface area contributed by atoms with Crippen LogP contribution in [0.5, 0.6) is 0 Å². The van der Waals surface area contributed by atoms with E-state index in [9.17, 15) is 5.11 Å². The monoisotopic (exact) mass is 184 g/mol. The van der Waals surface area contributed by atoms with Crippen LogP contribution in [0.4, 0.5) is 0 Å². The zero-order valence-corrected chi connectivity index (χ0v) is 8.30. The lowest BCUT2D eigenvalue weighted by molar-refractivity contribution is -0.0489. The number of aliphatic hydroxyl groups is 1. The molecule has 0 unspecified atom stereocenters. The maximum absolute atomic E-state index is 9.55. The number of aliphatic hydroxyl groups excluding tert-OH is 1. The number of hydrogen-bond acceptors (Lipinski definition) is 2. The van der Waals surface area contributed by atoms with E-state index < -0.39 is 0 Å². The van der Waals surface area contributed by atoms with Crippen molar-refractivity contribution in [3.8, 4) is 0 Å². The fourth-order valence-electron chi connectivity index (χ4n) is 3.01. The van der Waals surface area contributed by atoms with Crippen LogP contribution < -0.4 is 0 Å². The average Bonchev–Trinajstić information content (AvgIpc) is 2.72. The van der Waals surface area contributed by atoms with Gasteiger partial charge in [0.1, 0.15) is 0 Å². The lowest BCUT2D eigenvalue weighted by Gasteiger charge is -2.40. The molecule has 2 aliphatic rings. The highest BCUT2D eigenvalue weighted by atomic mass is 16.5. The van der Waals surface area contributed by atoms with Crippen LogP contribution >= 0.6 is 0 Å². The van der Waals surface area contributed by atoms with Gasteiger partial charge in [-0.3, -0.25) is 0 Å². The highest BCUT2D eigenvalue weighted by molar-refractivity contribution is 4.90. The molecule has 1 aliphatic heterocycles. The minimum Gasteiger partial charge on any atom is -0.396 e. The Kier molecular flexibility index (Phi) is 2.89. The third-order valence-electron chi connectivity index (χ3n) is 4.02. The fraction of sp³-hybridized carbons (Fsp3) is 1.00. The molecule has 0 radical (unpaired) electrons. The molecule has 1 saturated heterocycles. The summed E-state index contributed by atoms with van der Waals surface area (Å²) in [6, 6.07) is 0. The van der Waals surface area contributed by atoms with E-state index in [1.54, 1.807) is 0 Å². The van der Waals surface area contributed by atoms with Crippen molar-refractivity contribution in [2.75, 3.05) is 19.8 Å². The first-order valence-corrected chi connectivity index (χ1v) is 5.56. The van der Waals surface area contributed by atoms with Crippen LogP contribution in [0.25, 0.3) is 0 Å². The lowest BCUT2D eigenvalue weighted by Crippen LogP contribution is -2.38. The summed E-state index contributed by atoms with van der Waals surface area (Å²) in [5, 5.41) is 9.55. The summed E-state index contributed by atoms with van der Waals surface area (Å²) >= 11 is 0. The largest absolute Gasteiger partial charge is 0.396 e. The average molecular weight is 184 g/mol. The van der Waals surface area contributed by atoms with Crippen molar-refractivity contribution in [1.29, 1.82) is 0 Å². The molecule has 76 valence electrons. The van der Waals surface area contributed by atoms with Gasteiger partial charge in [0.25, 0.3) is 0 Å². The summed E-state index contributed by atoms with van der Waals surface area (Å²) in [4.78, 5) is 0. The van der Waals surface area contributed by atoms with E-state index >= 15 is 0 Å². The molecule has 0 atom stereocenters. The Bertz CT molecular complexity index is 155. The molecule has 1 saturated carbocycles. The Hall–Kier alpha value is -0.0800. The van der Waals surface area contributed by atoms with Gasteiger partial charge in [0, 0.05) is 25.2 Å². The van der Waals surface area contributed by atoms with E-state index in [0.717, 1.165) is 32.0 Å². The number of ether oxygens (including phenoxy) is 1. The predicted octanol–water partition coefficient (Wildman–Crippen LogP) is 1.97. The molecule has 13 heavy (non-hydrogen) atoms. The molecule has 1 aliphatic carbocycles. The molecule has 0 spiro atoms. The molecule has 0 bridgehead atoms. The van der Waals surface area contributed by atoms with Crippen LogP contribution in [0.3, 0.4) is 0 Å². The van der Waals surface area contributed by atoms with Crippen LogP contribution in [0.15, 0.2) is 0 Å². The Morgan fingerprint density at radius 1 is 1.15 bits per heavy atom. The summed E-state index contributed by atoms with van der Waals surface area (Å²) in [5.74, 6) is 0.779. The summed E-state index contributed by atoms with van der Waals surface area (Å²) in [7, 11) is 0. The lowest BCUT2D eigenvalue weighted by atomic mass is 9.69. The van der Waals surface area contributed by atoms with Gasteiger partial charge in [0.15, 0.2) is 0 Å². The van der Waals surface area contributed by atoms with E-state index in [4.69, 9.17) is 4.74 Å². The molecule has 0 amide bonds. The van der Waals surface area contributed by atoms with E-state index in [1.807, 2.05) is 0 Å². The third kappa shape index (κ3) is 1.75. The third-order valence-corrected chi connectivity index (χ3v) is 4.02. The van der Waals surface area contributed by atoms with Crippen molar-refractivity contribution in [3.05, 3.63) is 0 Å². The van der Waals surface area contributed by atoms with Crippen LogP contribution in [0.2, 0.25) is 0 Å². The molecule has 1 heterocycles. The van der Waals surface area contributed by atoms with Crippen molar-refractivity contribution in [3.63, 3.8) is 0 Å². The first-order chi connectivity index (χ1) is 6.37. The maximum atomic E-state index is 9.55. The summed E-state index contributed by atoms with van der Waals surface area (Å²) < 4.78 is 5.38. The molecule has 2 rings (SSSR count). The number of hydrogen-bond donors (Lipinski definition) is 1. The van der Waals surface area contributed by atoms with E-state index in [-0.39, 0.29) is 5.41 Å². The van der Waals surface area contributed by atoms with Crippen molar-refractivity contribution in [1.82, 2.24) is 0 Å². The summed E-state index contributed by atoms with van der Waals surface area (Å²) in [6.45, 7) is 2.09. The Labute approximate surface area is 80.3 Å². The Morgan fingerprint density at radius 3 is 2.31 bits per heavy atom. The van der Waals surface area contributed by atoms with E-state index in [1.165, 1.54) is 25.7 Å². The molecule has 0 aromatic heterocycles. The minimum absolute atomic E-state index is 0.231. The van der Waals surface area contributed by atoms with Gasteiger partial charge in [0.05, 0.1) is 0 Å².